The second-order valence-electron chi connectivity index (χ2n) is 9.57. The lowest BCUT2D eigenvalue weighted by molar-refractivity contribution is 0.0465. The number of nitrogens with zero attached hydrogens (tertiary/aromatic N) is 4. The summed E-state index contributed by atoms with van der Waals surface area (Å²) in [6.07, 6.45) is 2.97. The Morgan fingerprint density at radius 3 is 2.51 bits per heavy atom. The van der Waals surface area contributed by atoms with Crippen molar-refractivity contribution in [2.75, 3.05) is 0 Å². The number of carbonyl (C=O) groups is 2. The van der Waals surface area contributed by atoms with Crippen LogP contribution in [0.25, 0.3) is 11.0 Å². The molecule has 3 aromatic rings. The number of ether oxygens (including phenoxy) is 2. The molecule has 2 heterocycles. The van der Waals surface area contributed by atoms with Crippen LogP contribution in [0.15, 0.2) is 36.5 Å². The number of amides is 1. The van der Waals surface area contributed by atoms with Gasteiger partial charge in [-0.2, -0.15) is 9.67 Å². The van der Waals surface area contributed by atoms with Crippen molar-refractivity contribution in [1.29, 1.82) is 5.41 Å². The van der Waals surface area contributed by atoms with Crippen molar-refractivity contribution >= 4 is 34.8 Å². The number of benzene rings is 1. The third-order valence-corrected chi connectivity index (χ3v) is 5.96. The molecule has 0 spiro atoms. The van der Waals surface area contributed by atoms with Crippen LogP contribution in [0.4, 0.5) is 9.59 Å². The normalized spacial score (nSPS) is 18.3. The minimum atomic E-state index is -0.733. The molecule has 0 atom stereocenters. The Bertz CT molecular complexity index is 1270. The third-order valence-electron chi connectivity index (χ3n) is 5.78. The van der Waals surface area contributed by atoms with E-state index in [4.69, 9.17) is 26.5 Å². The molecule has 1 aliphatic carbocycles. The largest absolute Gasteiger partial charge is 0.445 e. The van der Waals surface area contributed by atoms with Crippen LogP contribution in [0.5, 0.6) is 0 Å². The first-order chi connectivity index (χ1) is 16.6. The average molecular weight is 501 g/mol. The van der Waals surface area contributed by atoms with Crippen molar-refractivity contribution in [1.82, 2.24) is 24.6 Å². The van der Waals surface area contributed by atoms with E-state index < -0.39 is 17.8 Å². The number of alkyl carbamates (subject to hydrolysis) is 1. The molecule has 1 aromatic carbocycles. The first kappa shape index (κ1) is 24.7. The maximum Gasteiger partial charge on any atom is 0.435 e. The monoisotopic (exact) mass is 500 g/mol. The number of rotatable bonds is 4. The third kappa shape index (κ3) is 5.82. The fourth-order valence-electron chi connectivity index (χ4n) is 4.23. The van der Waals surface area contributed by atoms with E-state index in [9.17, 15) is 9.59 Å². The molecule has 0 unspecified atom stereocenters. The van der Waals surface area contributed by atoms with Crippen LogP contribution in [0, 0.1) is 5.41 Å². The van der Waals surface area contributed by atoms with Gasteiger partial charge in [0.15, 0.2) is 11.1 Å². The van der Waals surface area contributed by atoms with E-state index in [2.05, 4.69) is 15.3 Å². The molecule has 1 aliphatic rings. The van der Waals surface area contributed by atoms with Gasteiger partial charge in [0.05, 0.1) is 11.4 Å². The van der Waals surface area contributed by atoms with E-state index in [-0.39, 0.29) is 29.5 Å². The minimum absolute atomic E-state index is 0.0316. The molecule has 0 saturated heterocycles. The smallest absolute Gasteiger partial charge is 0.435 e. The summed E-state index contributed by atoms with van der Waals surface area (Å²) < 4.78 is 13.8. The lowest BCUT2D eigenvalue weighted by Crippen LogP contribution is -2.41. The molecule has 2 aromatic heterocycles. The molecule has 10 nitrogen and oxygen atoms in total. The second kappa shape index (κ2) is 10.1. The highest BCUT2D eigenvalue weighted by molar-refractivity contribution is 6.28. The first-order valence-corrected chi connectivity index (χ1v) is 11.9. The standard InChI is InChI=1S/C24H29ClN6O4/c1-24(2,3)35-23(33)31-19(26)18-13-27-21(25)29-20(18)30(31)17-11-9-16(10-12-17)28-22(32)34-14-15-7-5-4-6-8-15/h4-8,13,16-17,26H,9-12,14H2,1-3H3,(H,28,32). The van der Waals surface area contributed by atoms with Gasteiger partial charge in [0.25, 0.3) is 0 Å². The molecule has 0 bridgehead atoms. The Morgan fingerprint density at radius 2 is 1.86 bits per heavy atom. The Labute approximate surface area is 207 Å². The van der Waals surface area contributed by atoms with Gasteiger partial charge < -0.3 is 14.8 Å². The molecule has 11 heteroatoms. The minimum Gasteiger partial charge on any atom is -0.445 e. The van der Waals surface area contributed by atoms with E-state index >= 15 is 0 Å². The highest BCUT2D eigenvalue weighted by Crippen LogP contribution is 2.31. The predicted molar refractivity (Wildman–Crippen MR) is 129 cm³/mol. The van der Waals surface area contributed by atoms with E-state index in [1.807, 2.05) is 30.3 Å². The molecule has 2 N–H and O–H groups in total. The van der Waals surface area contributed by atoms with E-state index in [0.717, 1.165) is 5.56 Å². The maximum atomic E-state index is 13.0. The van der Waals surface area contributed by atoms with Crippen LogP contribution in [-0.4, -0.2) is 43.2 Å². The van der Waals surface area contributed by atoms with Crippen LogP contribution >= 0.6 is 11.6 Å². The maximum absolute atomic E-state index is 13.0. The van der Waals surface area contributed by atoms with E-state index in [1.165, 1.54) is 10.9 Å². The van der Waals surface area contributed by atoms with Crippen molar-refractivity contribution in [2.24, 2.45) is 0 Å². The van der Waals surface area contributed by atoms with Gasteiger partial charge in [0.1, 0.15) is 12.2 Å². The fraction of sp³-hybridized carbons (Fsp3) is 0.458. The summed E-state index contributed by atoms with van der Waals surface area (Å²) in [7, 11) is 0. The van der Waals surface area contributed by atoms with Crippen LogP contribution in [0.2, 0.25) is 5.28 Å². The van der Waals surface area contributed by atoms with Crippen LogP contribution in [0.3, 0.4) is 0 Å². The number of halogens is 1. The number of nitrogens with one attached hydrogen (secondary N) is 2. The van der Waals surface area contributed by atoms with Gasteiger partial charge >= 0.3 is 12.2 Å². The number of fused-ring (bicyclic) bond motifs is 1. The molecule has 186 valence electrons. The fourth-order valence-corrected chi connectivity index (χ4v) is 4.36. The zero-order valence-electron chi connectivity index (χ0n) is 20.0. The Morgan fingerprint density at radius 1 is 1.17 bits per heavy atom. The average Bonchev–Trinajstić information content (AvgIpc) is 3.09. The molecule has 1 saturated carbocycles. The van der Waals surface area contributed by atoms with Crippen molar-refractivity contribution in [3.8, 4) is 0 Å². The number of carbonyl (C=O) groups excluding carboxylic acids is 2. The number of hydrogen-bond acceptors (Lipinski definition) is 7. The molecular formula is C24H29ClN6O4. The van der Waals surface area contributed by atoms with Crippen molar-refractivity contribution < 1.29 is 19.1 Å². The summed E-state index contributed by atoms with van der Waals surface area (Å²) in [5.74, 6) is 0. The first-order valence-electron chi connectivity index (χ1n) is 11.5. The van der Waals surface area contributed by atoms with Crippen molar-refractivity contribution in [2.45, 2.75) is 70.7 Å². The van der Waals surface area contributed by atoms with Crippen molar-refractivity contribution in [3.63, 3.8) is 0 Å². The summed E-state index contributed by atoms with van der Waals surface area (Å²) in [5, 5.41) is 11.9. The lowest BCUT2D eigenvalue weighted by atomic mass is 9.91. The highest BCUT2D eigenvalue weighted by Gasteiger charge is 2.31. The topological polar surface area (TPSA) is 124 Å². The zero-order valence-corrected chi connectivity index (χ0v) is 20.7. The number of aromatic nitrogens is 4. The van der Waals surface area contributed by atoms with Crippen molar-refractivity contribution in [3.05, 3.63) is 52.9 Å². The molecule has 1 fully saturated rings. The molecule has 4 rings (SSSR count). The van der Waals surface area contributed by atoms with Gasteiger partial charge in [-0.15, -0.1) is 0 Å². The van der Waals surface area contributed by atoms with Gasteiger partial charge in [0, 0.05) is 12.2 Å². The van der Waals surface area contributed by atoms with Crippen LogP contribution in [0.1, 0.15) is 58.1 Å². The van der Waals surface area contributed by atoms with Gasteiger partial charge in [0.2, 0.25) is 5.28 Å². The van der Waals surface area contributed by atoms with Crippen LogP contribution < -0.4 is 10.8 Å². The van der Waals surface area contributed by atoms with Crippen LogP contribution in [-0.2, 0) is 16.1 Å². The molecule has 1 amide bonds. The molecular weight excluding hydrogens is 472 g/mol. The summed E-state index contributed by atoms with van der Waals surface area (Å²) >= 11 is 6.05. The predicted octanol–water partition coefficient (Wildman–Crippen LogP) is 4.56. The zero-order chi connectivity index (χ0) is 25.2. The van der Waals surface area contributed by atoms with Gasteiger partial charge in [-0.05, 0) is 63.6 Å². The van der Waals surface area contributed by atoms with E-state index in [0.29, 0.717) is 36.7 Å². The SMILES string of the molecule is CC(C)(C)OC(=O)n1c(=N)c2cnc(Cl)nc2n1C1CCC(NC(=O)OCc2ccccc2)CC1. The van der Waals surface area contributed by atoms with Gasteiger partial charge in [-0.1, -0.05) is 30.3 Å². The summed E-state index contributed by atoms with van der Waals surface area (Å²) in [6, 6.07) is 9.30. The second-order valence-corrected chi connectivity index (χ2v) is 9.91. The Kier molecular flexibility index (Phi) is 7.11. The quantitative estimate of drug-likeness (QED) is 0.506. The summed E-state index contributed by atoms with van der Waals surface area (Å²) in [6.45, 7) is 5.52. The van der Waals surface area contributed by atoms with Gasteiger partial charge in [-0.3, -0.25) is 10.1 Å². The molecule has 35 heavy (non-hydrogen) atoms. The highest BCUT2D eigenvalue weighted by atomic mass is 35.5. The van der Waals surface area contributed by atoms with E-state index in [1.54, 1.807) is 25.5 Å². The van der Waals surface area contributed by atoms with Gasteiger partial charge in [-0.25, -0.2) is 14.6 Å². The summed E-state index contributed by atoms with van der Waals surface area (Å²) in [4.78, 5) is 33.6. The Hall–Kier alpha value is -3.40. The molecule has 0 aliphatic heterocycles. The number of hydrogen-bond donors (Lipinski definition) is 2. The Balaban J connectivity index is 1.49. The lowest BCUT2D eigenvalue weighted by Gasteiger charge is -2.31. The summed E-state index contributed by atoms with van der Waals surface area (Å²) in [5.41, 5.74) is 0.530. The molecule has 0 radical (unpaired) electrons.